The molecule has 5 aromatic carbocycles. The molecule has 0 unspecified atom stereocenters. The van der Waals surface area contributed by atoms with Crippen LogP contribution in [0.2, 0.25) is 0 Å². The number of hydrogen-bond donors (Lipinski definition) is 0. The Labute approximate surface area is 194 Å². The summed E-state index contributed by atoms with van der Waals surface area (Å²) in [6, 6.07) is 41.7. The molecule has 0 aliphatic rings. The SMILES string of the molecule is Cc1cccc2cc3c(C)cc(-n4c(-c5ccccc5)ccc4-c4ccccc4)cc3cc12. The average molecular weight is 424 g/mol. The molecule has 6 rings (SSSR count). The second-order valence-electron chi connectivity index (χ2n) is 8.80. The summed E-state index contributed by atoms with van der Waals surface area (Å²) in [5, 5.41) is 5.21. The molecular formula is C32H25N. The van der Waals surface area contributed by atoms with Crippen molar-refractivity contribution in [3.8, 4) is 28.2 Å². The van der Waals surface area contributed by atoms with E-state index < -0.39 is 0 Å². The van der Waals surface area contributed by atoms with Crippen LogP contribution in [-0.4, -0.2) is 4.57 Å². The molecular weight excluding hydrogens is 398 g/mol. The molecule has 0 radical (unpaired) electrons. The van der Waals surface area contributed by atoms with Gasteiger partial charge in [0.15, 0.2) is 0 Å². The van der Waals surface area contributed by atoms with Crippen molar-refractivity contribution in [1.29, 1.82) is 0 Å². The molecule has 0 atom stereocenters. The van der Waals surface area contributed by atoms with Gasteiger partial charge in [-0.15, -0.1) is 0 Å². The molecule has 0 saturated carbocycles. The smallest absolute Gasteiger partial charge is 0.0535 e. The Morgan fingerprint density at radius 1 is 0.455 bits per heavy atom. The van der Waals surface area contributed by atoms with Crippen molar-refractivity contribution >= 4 is 21.5 Å². The van der Waals surface area contributed by atoms with Gasteiger partial charge in [0.25, 0.3) is 0 Å². The third-order valence-corrected chi connectivity index (χ3v) is 6.64. The van der Waals surface area contributed by atoms with Crippen LogP contribution in [0.4, 0.5) is 0 Å². The van der Waals surface area contributed by atoms with E-state index in [2.05, 4.69) is 134 Å². The van der Waals surface area contributed by atoms with Crippen LogP contribution in [0, 0.1) is 13.8 Å². The van der Waals surface area contributed by atoms with Gasteiger partial charge in [-0.2, -0.15) is 0 Å². The molecule has 0 amide bonds. The normalized spacial score (nSPS) is 11.3. The van der Waals surface area contributed by atoms with E-state index in [9.17, 15) is 0 Å². The van der Waals surface area contributed by atoms with Gasteiger partial charge in [-0.05, 0) is 94.0 Å². The fraction of sp³-hybridized carbons (Fsp3) is 0.0625. The number of rotatable bonds is 3. The molecule has 0 fully saturated rings. The first-order valence-electron chi connectivity index (χ1n) is 11.5. The molecule has 33 heavy (non-hydrogen) atoms. The van der Waals surface area contributed by atoms with E-state index in [0.717, 1.165) is 0 Å². The fourth-order valence-electron chi connectivity index (χ4n) is 4.97. The molecule has 0 N–H and O–H groups in total. The maximum absolute atomic E-state index is 2.40. The van der Waals surface area contributed by atoms with Crippen LogP contribution >= 0.6 is 0 Å². The Balaban J connectivity index is 1.65. The Kier molecular flexibility index (Phi) is 4.62. The van der Waals surface area contributed by atoms with E-state index in [1.54, 1.807) is 0 Å². The molecule has 1 heterocycles. The fourth-order valence-corrected chi connectivity index (χ4v) is 4.97. The van der Waals surface area contributed by atoms with Gasteiger partial charge in [-0.25, -0.2) is 0 Å². The zero-order valence-corrected chi connectivity index (χ0v) is 18.9. The monoisotopic (exact) mass is 423 g/mol. The van der Waals surface area contributed by atoms with Crippen molar-refractivity contribution < 1.29 is 0 Å². The summed E-state index contributed by atoms with van der Waals surface area (Å²) in [5.74, 6) is 0. The number of aromatic nitrogens is 1. The first-order chi connectivity index (χ1) is 16.2. The minimum absolute atomic E-state index is 1.19. The minimum Gasteiger partial charge on any atom is -0.309 e. The maximum atomic E-state index is 2.40. The first kappa shape index (κ1) is 19.6. The predicted molar refractivity (Wildman–Crippen MR) is 141 cm³/mol. The molecule has 0 saturated heterocycles. The molecule has 6 aromatic rings. The minimum atomic E-state index is 1.19. The lowest BCUT2D eigenvalue weighted by atomic mass is 9.97. The highest BCUT2D eigenvalue weighted by Gasteiger charge is 2.15. The lowest BCUT2D eigenvalue weighted by Gasteiger charge is -2.17. The molecule has 158 valence electrons. The van der Waals surface area contributed by atoms with Gasteiger partial charge in [-0.3, -0.25) is 0 Å². The van der Waals surface area contributed by atoms with Crippen molar-refractivity contribution in [1.82, 2.24) is 4.57 Å². The molecule has 0 spiro atoms. The summed E-state index contributed by atoms with van der Waals surface area (Å²) < 4.78 is 2.40. The topological polar surface area (TPSA) is 4.93 Å². The number of aryl methyl sites for hydroxylation is 2. The van der Waals surface area contributed by atoms with E-state index in [-0.39, 0.29) is 0 Å². The number of fused-ring (bicyclic) bond motifs is 2. The Morgan fingerprint density at radius 3 is 1.67 bits per heavy atom. The quantitative estimate of drug-likeness (QED) is 0.251. The molecule has 1 nitrogen and oxygen atoms in total. The van der Waals surface area contributed by atoms with E-state index in [0.29, 0.717) is 0 Å². The zero-order chi connectivity index (χ0) is 22.4. The van der Waals surface area contributed by atoms with Gasteiger partial charge in [0.05, 0.1) is 11.4 Å². The highest BCUT2D eigenvalue weighted by molar-refractivity contribution is 6.01. The largest absolute Gasteiger partial charge is 0.309 e. The van der Waals surface area contributed by atoms with Crippen LogP contribution in [0.3, 0.4) is 0 Å². The third kappa shape index (κ3) is 3.34. The summed E-state index contributed by atoms with van der Waals surface area (Å²) in [5.41, 5.74) is 8.62. The van der Waals surface area contributed by atoms with Gasteiger partial charge in [0, 0.05) is 5.69 Å². The highest BCUT2D eigenvalue weighted by Crippen LogP contribution is 2.35. The van der Waals surface area contributed by atoms with E-state index >= 15 is 0 Å². The van der Waals surface area contributed by atoms with Gasteiger partial charge in [0.2, 0.25) is 0 Å². The summed E-state index contributed by atoms with van der Waals surface area (Å²) in [6.07, 6.45) is 0. The van der Waals surface area contributed by atoms with Crippen molar-refractivity contribution in [2.45, 2.75) is 13.8 Å². The third-order valence-electron chi connectivity index (χ3n) is 6.64. The number of nitrogens with zero attached hydrogens (tertiary/aromatic N) is 1. The first-order valence-corrected chi connectivity index (χ1v) is 11.5. The van der Waals surface area contributed by atoms with Gasteiger partial charge < -0.3 is 4.57 Å². The van der Waals surface area contributed by atoms with Crippen LogP contribution in [-0.2, 0) is 0 Å². The second-order valence-corrected chi connectivity index (χ2v) is 8.80. The molecule has 0 aliphatic heterocycles. The lowest BCUT2D eigenvalue weighted by molar-refractivity contribution is 1.09. The van der Waals surface area contributed by atoms with Crippen LogP contribution in [0.5, 0.6) is 0 Å². The van der Waals surface area contributed by atoms with Crippen LogP contribution in [0.15, 0.2) is 115 Å². The average Bonchev–Trinajstić information content (AvgIpc) is 3.30. The maximum Gasteiger partial charge on any atom is 0.0535 e. The Bertz CT molecular complexity index is 1550. The summed E-state index contributed by atoms with van der Waals surface area (Å²) >= 11 is 0. The predicted octanol–water partition coefficient (Wildman–Crippen LogP) is 8.73. The Hall–Kier alpha value is -4.10. The van der Waals surface area contributed by atoms with Crippen LogP contribution < -0.4 is 0 Å². The highest BCUT2D eigenvalue weighted by atomic mass is 15.0. The van der Waals surface area contributed by atoms with Crippen molar-refractivity contribution in [3.05, 3.63) is 126 Å². The summed E-state index contributed by atoms with van der Waals surface area (Å²) in [7, 11) is 0. The number of benzene rings is 5. The standard InChI is InChI=1S/C32H25N/c1-22-10-9-15-26-20-30-23(2)18-28(19-27(30)21-29(22)26)33-31(24-11-5-3-6-12-24)16-17-32(33)25-13-7-4-8-14-25/h3-21H,1-2H3. The zero-order valence-electron chi connectivity index (χ0n) is 18.9. The van der Waals surface area contributed by atoms with Crippen molar-refractivity contribution in [2.24, 2.45) is 0 Å². The van der Waals surface area contributed by atoms with Gasteiger partial charge in [-0.1, -0.05) is 78.9 Å². The van der Waals surface area contributed by atoms with E-state index in [4.69, 9.17) is 0 Å². The molecule has 0 bridgehead atoms. The van der Waals surface area contributed by atoms with E-state index in [1.165, 1.54) is 60.9 Å². The lowest BCUT2D eigenvalue weighted by Crippen LogP contribution is -2.00. The molecule has 0 aliphatic carbocycles. The van der Waals surface area contributed by atoms with Gasteiger partial charge >= 0.3 is 0 Å². The summed E-state index contributed by atoms with van der Waals surface area (Å²) in [4.78, 5) is 0. The summed E-state index contributed by atoms with van der Waals surface area (Å²) in [6.45, 7) is 4.42. The second kappa shape index (κ2) is 7.79. The van der Waals surface area contributed by atoms with E-state index in [1.807, 2.05) is 0 Å². The van der Waals surface area contributed by atoms with Crippen LogP contribution in [0.1, 0.15) is 11.1 Å². The number of hydrogen-bond acceptors (Lipinski definition) is 0. The molecule has 1 aromatic heterocycles. The van der Waals surface area contributed by atoms with Crippen LogP contribution in [0.25, 0.3) is 49.7 Å². The Morgan fingerprint density at radius 2 is 1.03 bits per heavy atom. The van der Waals surface area contributed by atoms with Gasteiger partial charge in [0.1, 0.15) is 0 Å². The van der Waals surface area contributed by atoms with Crippen molar-refractivity contribution in [3.63, 3.8) is 0 Å². The molecule has 1 heteroatoms. The van der Waals surface area contributed by atoms with Crippen molar-refractivity contribution in [2.75, 3.05) is 0 Å².